The highest BCUT2D eigenvalue weighted by molar-refractivity contribution is 5.72. The van der Waals surface area contributed by atoms with Gasteiger partial charge in [-0.2, -0.15) is 0 Å². The van der Waals surface area contributed by atoms with E-state index < -0.39 is 11.4 Å². The van der Waals surface area contributed by atoms with E-state index in [0.29, 0.717) is 0 Å². The van der Waals surface area contributed by atoms with Crippen molar-refractivity contribution in [3.8, 4) is 0 Å². The van der Waals surface area contributed by atoms with Gasteiger partial charge in [-0.1, -0.05) is 30.3 Å². The minimum absolute atomic E-state index is 0.204. The standard InChI is InChI=1S/C11H17N.C5H10O2/c1-11(2,3)12-9-10-7-5-4-6-8-10;1-5(2,3)4(6)7/h4-8,12H,9H2,1-3H3;1-3H3,(H,6,7). The quantitative estimate of drug-likeness (QED) is 0.857. The zero-order chi connectivity index (χ0) is 15.1. The normalized spacial score (nSPS) is 11.5. The summed E-state index contributed by atoms with van der Waals surface area (Å²) in [7, 11) is 0. The van der Waals surface area contributed by atoms with Crippen molar-refractivity contribution in [3.05, 3.63) is 35.9 Å². The van der Waals surface area contributed by atoms with Crippen LogP contribution in [0.4, 0.5) is 0 Å². The van der Waals surface area contributed by atoms with Crippen LogP contribution in [0, 0.1) is 5.41 Å². The Kier molecular flexibility index (Phi) is 6.77. The minimum atomic E-state index is -0.757. The van der Waals surface area contributed by atoms with Gasteiger partial charge >= 0.3 is 5.97 Å². The summed E-state index contributed by atoms with van der Waals surface area (Å²) in [5.74, 6) is -0.757. The van der Waals surface area contributed by atoms with E-state index in [-0.39, 0.29) is 5.54 Å². The molecule has 0 amide bonds. The Hall–Kier alpha value is -1.35. The molecule has 0 spiro atoms. The summed E-state index contributed by atoms with van der Waals surface area (Å²) in [6.07, 6.45) is 0. The SMILES string of the molecule is CC(C)(C)C(=O)O.CC(C)(C)NCc1ccccc1. The summed E-state index contributed by atoms with van der Waals surface area (Å²) in [6.45, 7) is 12.5. The van der Waals surface area contributed by atoms with Crippen LogP contribution in [0.1, 0.15) is 47.1 Å². The van der Waals surface area contributed by atoms with Crippen molar-refractivity contribution in [2.45, 2.75) is 53.6 Å². The number of hydrogen-bond acceptors (Lipinski definition) is 2. The maximum absolute atomic E-state index is 10.0. The molecule has 0 aliphatic heterocycles. The second kappa shape index (κ2) is 7.29. The molecule has 0 aromatic heterocycles. The Morgan fingerprint density at radius 2 is 1.47 bits per heavy atom. The lowest BCUT2D eigenvalue weighted by Crippen LogP contribution is -2.34. The molecule has 0 fully saturated rings. The predicted octanol–water partition coefficient (Wildman–Crippen LogP) is 3.69. The molecule has 1 aromatic carbocycles. The minimum Gasteiger partial charge on any atom is -0.481 e. The van der Waals surface area contributed by atoms with E-state index >= 15 is 0 Å². The largest absolute Gasteiger partial charge is 0.481 e. The van der Waals surface area contributed by atoms with Gasteiger partial charge in [-0.25, -0.2) is 0 Å². The molecule has 0 saturated heterocycles. The maximum Gasteiger partial charge on any atom is 0.308 e. The van der Waals surface area contributed by atoms with Crippen LogP contribution in [0.3, 0.4) is 0 Å². The number of rotatable bonds is 2. The zero-order valence-corrected chi connectivity index (χ0v) is 12.9. The Morgan fingerprint density at radius 3 is 1.79 bits per heavy atom. The van der Waals surface area contributed by atoms with E-state index in [1.807, 2.05) is 6.07 Å². The van der Waals surface area contributed by atoms with Crippen LogP contribution in [-0.2, 0) is 11.3 Å². The van der Waals surface area contributed by atoms with Crippen LogP contribution >= 0.6 is 0 Å². The number of hydrogen-bond donors (Lipinski definition) is 2. The molecule has 0 aliphatic rings. The van der Waals surface area contributed by atoms with Crippen molar-refractivity contribution in [2.75, 3.05) is 0 Å². The molecule has 0 unspecified atom stereocenters. The topological polar surface area (TPSA) is 49.3 Å². The van der Waals surface area contributed by atoms with E-state index in [0.717, 1.165) is 6.54 Å². The van der Waals surface area contributed by atoms with Crippen LogP contribution in [-0.4, -0.2) is 16.6 Å². The van der Waals surface area contributed by atoms with Gasteiger partial charge in [0.05, 0.1) is 5.41 Å². The highest BCUT2D eigenvalue weighted by atomic mass is 16.4. The van der Waals surface area contributed by atoms with E-state index in [2.05, 4.69) is 50.4 Å². The summed E-state index contributed by atoms with van der Waals surface area (Å²) in [5, 5.41) is 11.7. The summed E-state index contributed by atoms with van der Waals surface area (Å²) in [4.78, 5) is 10.0. The molecule has 0 aliphatic carbocycles. The van der Waals surface area contributed by atoms with Crippen LogP contribution < -0.4 is 5.32 Å². The molecule has 0 radical (unpaired) electrons. The third kappa shape index (κ3) is 10.3. The van der Waals surface area contributed by atoms with Crippen molar-refractivity contribution in [2.24, 2.45) is 5.41 Å². The second-order valence-electron chi connectivity index (χ2n) is 6.64. The molecule has 1 aromatic rings. The highest BCUT2D eigenvalue weighted by Gasteiger charge is 2.18. The fraction of sp³-hybridized carbons (Fsp3) is 0.562. The monoisotopic (exact) mass is 265 g/mol. The average Bonchev–Trinajstić information content (AvgIpc) is 2.26. The lowest BCUT2D eigenvalue weighted by atomic mass is 9.98. The maximum atomic E-state index is 10.0. The summed E-state index contributed by atoms with van der Waals surface area (Å²) in [5.41, 5.74) is 0.961. The number of aliphatic carboxylic acids is 1. The van der Waals surface area contributed by atoms with Crippen LogP contribution in [0.15, 0.2) is 30.3 Å². The van der Waals surface area contributed by atoms with Crippen molar-refractivity contribution in [1.29, 1.82) is 0 Å². The fourth-order valence-electron chi connectivity index (χ4n) is 0.963. The van der Waals surface area contributed by atoms with Gasteiger partial charge in [0.15, 0.2) is 0 Å². The second-order valence-corrected chi connectivity index (χ2v) is 6.64. The van der Waals surface area contributed by atoms with Gasteiger partial charge in [-0.3, -0.25) is 4.79 Å². The number of nitrogens with one attached hydrogen (secondary N) is 1. The molecule has 0 heterocycles. The Balaban J connectivity index is 0.000000399. The van der Waals surface area contributed by atoms with E-state index in [1.54, 1.807) is 20.8 Å². The first-order valence-corrected chi connectivity index (χ1v) is 6.55. The van der Waals surface area contributed by atoms with Gasteiger partial charge in [-0.05, 0) is 47.1 Å². The molecular formula is C16H27NO2. The lowest BCUT2D eigenvalue weighted by Gasteiger charge is -2.20. The molecule has 2 N–H and O–H groups in total. The van der Waals surface area contributed by atoms with E-state index in [9.17, 15) is 4.79 Å². The van der Waals surface area contributed by atoms with Gasteiger partial charge in [0.2, 0.25) is 0 Å². The van der Waals surface area contributed by atoms with Crippen molar-refractivity contribution >= 4 is 5.97 Å². The smallest absolute Gasteiger partial charge is 0.308 e. The van der Waals surface area contributed by atoms with Gasteiger partial charge in [0.1, 0.15) is 0 Å². The third-order valence-electron chi connectivity index (χ3n) is 2.31. The first-order chi connectivity index (χ1) is 8.52. The summed E-state index contributed by atoms with van der Waals surface area (Å²) < 4.78 is 0. The number of carbonyl (C=O) groups is 1. The summed E-state index contributed by atoms with van der Waals surface area (Å²) >= 11 is 0. The van der Waals surface area contributed by atoms with E-state index in [4.69, 9.17) is 5.11 Å². The third-order valence-corrected chi connectivity index (χ3v) is 2.31. The van der Waals surface area contributed by atoms with Crippen molar-refractivity contribution in [3.63, 3.8) is 0 Å². The van der Waals surface area contributed by atoms with Crippen LogP contribution in [0.5, 0.6) is 0 Å². The van der Waals surface area contributed by atoms with Crippen LogP contribution in [0.25, 0.3) is 0 Å². The lowest BCUT2D eigenvalue weighted by molar-refractivity contribution is -0.145. The molecule has 3 heteroatoms. The first kappa shape index (κ1) is 17.6. The summed E-state index contributed by atoms with van der Waals surface area (Å²) in [6, 6.07) is 10.5. The Morgan fingerprint density at radius 1 is 1.05 bits per heavy atom. The number of carboxylic acid groups (broad SMARTS) is 1. The van der Waals surface area contributed by atoms with Gasteiger partial charge in [0.25, 0.3) is 0 Å². The zero-order valence-electron chi connectivity index (χ0n) is 12.9. The Bertz CT molecular complexity index is 372. The first-order valence-electron chi connectivity index (χ1n) is 6.55. The van der Waals surface area contributed by atoms with Gasteiger partial charge in [-0.15, -0.1) is 0 Å². The van der Waals surface area contributed by atoms with E-state index in [1.165, 1.54) is 5.56 Å². The number of carboxylic acids is 1. The van der Waals surface area contributed by atoms with Crippen molar-refractivity contribution < 1.29 is 9.90 Å². The molecule has 0 atom stereocenters. The average molecular weight is 265 g/mol. The molecule has 1 rings (SSSR count). The fourth-order valence-corrected chi connectivity index (χ4v) is 0.963. The molecule has 108 valence electrons. The molecule has 0 saturated carbocycles. The predicted molar refractivity (Wildman–Crippen MR) is 80.1 cm³/mol. The van der Waals surface area contributed by atoms with Crippen LogP contribution in [0.2, 0.25) is 0 Å². The molecule has 0 bridgehead atoms. The molecule has 19 heavy (non-hydrogen) atoms. The van der Waals surface area contributed by atoms with Crippen molar-refractivity contribution in [1.82, 2.24) is 5.32 Å². The Labute approximate surface area is 117 Å². The molecular weight excluding hydrogens is 238 g/mol. The van der Waals surface area contributed by atoms with Gasteiger partial charge in [0, 0.05) is 12.1 Å². The molecule has 3 nitrogen and oxygen atoms in total. The number of benzene rings is 1. The van der Waals surface area contributed by atoms with Gasteiger partial charge < -0.3 is 10.4 Å². The highest BCUT2D eigenvalue weighted by Crippen LogP contribution is 2.11.